The Morgan fingerprint density at radius 2 is 1.71 bits per heavy atom. The maximum absolute atomic E-state index is 14.0. The van der Waals surface area contributed by atoms with Gasteiger partial charge in [0, 0.05) is 54.6 Å². The second kappa shape index (κ2) is 11.5. The number of amides is 3. The number of hydrogen-bond donors (Lipinski definition) is 1. The predicted molar refractivity (Wildman–Crippen MR) is 161 cm³/mol. The van der Waals surface area contributed by atoms with E-state index in [1.165, 1.54) is 4.90 Å². The second-order valence-electron chi connectivity index (χ2n) is 12.1. The largest absolute Gasteiger partial charge is 0.465 e. The summed E-state index contributed by atoms with van der Waals surface area (Å²) in [6.07, 6.45) is 5.13. The summed E-state index contributed by atoms with van der Waals surface area (Å²) in [6, 6.07) is 13.4. The van der Waals surface area contributed by atoms with Crippen molar-refractivity contribution < 1.29 is 24.2 Å². The van der Waals surface area contributed by atoms with Crippen LogP contribution in [0, 0.1) is 0 Å². The van der Waals surface area contributed by atoms with Gasteiger partial charge in [-0.2, -0.15) is 5.10 Å². The van der Waals surface area contributed by atoms with Crippen molar-refractivity contribution >= 4 is 35.2 Å². The molecule has 222 valence electrons. The molecule has 0 unspecified atom stereocenters. The molecule has 3 aromatic rings. The minimum Gasteiger partial charge on any atom is -0.465 e. The first-order valence-corrected chi connectivity index (χ1v) is 14.5. The first kappa shape index (κ1) is 29.2. The van der Waals surface area contributed by atoms with Gasteiger partial charge in [-0.1, -0.05) is 24.3 Å². The monoisotopic (exact) mass is 573 g/mol. The smallest absolute Gasteiger partial charge is 0.419 e. The number of anilines is 3. The molecule has 1 fully saturated rings. The number of rotatable bonds is 4. The van der Waals surface area contributed by atoms with Crippen LogP contribution in [0.3, 0.4) is 0 Å². The van der Waals surface area contributed by atoms with E-state index in [0.29, 0.717) is 43.7 Å². The zero-order valence-corrected chi connectivity index (χ0v) is 24.9. The highest BCUT2D eigenvalue weighted by Gasteiger charge is 2.35. The number of para-hydroxylation sites is 1. The Bertz CT molecular complexity index is 1470. The summed E-state index contributed by atoms with van der Waals surface area (Å²) in [5.41, 5.74) is 3.92. The van der Waals surface area contributed by atoms with E-state index in [-0.39, 0.29) is 18.0 Å². The van der Waals surface area contributed by atoms with Gasteiger partial charge in [0.25, 0.3) is 0 Å². The van der Waals surface area contributed by atoms with Gasteiger partial charge in [0.1, 0.15) is 5.60 Å². The summed E-state index contributed by atoms with van der Waals surface area (Å²) in [5.74, 6) is -0.0498. The maximum atomic E-state index is 14.0. The number of nitrogens with zero attached hydrogens (tertiary/aromatic N) is 5. The minimum atomic E-state index is -0.898. The molecule has 2 aromatic carbocycles. The molecule has 5 rings (SSSR count). The van der Waals surface area contributed by atoms with Gasteiger partial charge in [-0.3, -0.25) is 9.48 Å². The molecular weight excluding hydrogens is 534 g/mol. The lowest BCUT2D eigenvalue weighted by molar-refractivity contribution is -0.117. The summed E-state index contributed by atoms with van der Waals surface area (Å²) in [5, 5.41) is 14.0. The van der Waals surface area contributed by atoms with Crippen molar-refractivity contribution in [2.24, 2.45) is 0 Å². The highest BCUT2D eigenvalue weighted by molar-refractivity contribution is 6.05. The van der Waals surface area contributed by atoms with Crippen molar-refractivity contribution in [1.82, 2.24) is 14.7 Å². The lowest BCUT2D eigenvalue weighted by Crippen LogP contribution is -2.42. The van der Waals surface area contributed by atoms with Crippen LogP contribution in [0.25, 0.3) is 11.1 Å². The number of hydrogen-bond acceptors (Lipinski definition) is 5. The number of carbonyl (C=O) groups is 3. The summed E-state index contributed by atoms with van der Waals surface area (Å²) < 4.78 is 7.85. The van der Waals surface area contributed by atoms with E-state index in [1.54, 1.807) is 18.0 Å². The molecule has 2 aliphatic rings. The van der Waals surface area contributed by atoms with E-state index in [9.17, 15) is 19.5 Å². The van der Waals surface area contributed by atoms with E-state index in [4.69, 9.17) is 4.74 Å². The fraction of sp³-hybridized carbons (Fsp3) is 0.438. The third kappa shape index (κ3) is 5.84. The van der Waals surface area contributed by atoms with Gasteiger partial charge < -0.3 is 19.6 Å². The topological polar surface area (TPSA) is 108 Å². The van der Waals surface area contributed by atoms with Gasteiger partial charge in [0.15, 0.2) is 0 Å². The molecular formula is C32H39N5O5. The highest BCUT2D eigenvalue weighted by Crippen LogP contribution is 2.46. The van der Waals surface area contributed by atoms with E-state index < -0.39 is 17.8 Å². The Labute approximate surface area is 246 Å². The fourth-order valence-corrected chi connectivity index (χ4v) is 5.99. The molecule has 1 N–H and O–H groups in total. The Hall–Kier alpha value is -4.34. The molecule has 42 heavy (non-hydrogen) atoms. The van der Waals surface area contributed by atoms with Crippen LogP contribution in [0.4, 0.5) is 26.7 Å². The molecule has 0 radical (unpaired) electrons. The number of carbonyl (C=O) groups excluding carboxylic acids is 2. The molecule has 1 aromatic heterocycles. The Morgan fingerprint density at radius 3 is 2.33 bits per heavy atom. The van der Waals surface area contributed by atoms with Gasteiger partial charge in [0.2, 0.25) is 5.91 Å². The van der Waals surface area contributed by atoms with Crippen LogP contribution in [-0.4, -0.2) is 62.6 Å². The van der Waals surface area contributed by atoms with Crippen molar-refractivity contribution in [3.63, 3.8) is 0 Å². The Morgan fingerprint density at radius 1 is 1.02 bits per heavy atom. The molecule has 0 aliphatic carbocycles. The SMILES string of the molecule is CC(=O)N1c2ccc(-c3cnn(C4CCN(C(=O)O)CC4)c3)c(N(C(=O)OC(C)(C)C)c3ccccc3)c2CC[C@@H]1C. The molecule has 0 spiro atoms. The van der Waals surface area contributed by atoms with Crippen LogP contribution in [0.5, 0.6) is 0 Å². The molecule has 10 heteroatoms. The van der Waals surface area contributed by atoms with Crippen molar-refractivity contribution in [2.45, 2.75) is 78.0 Å². The summed E-state index contributed by atoms with van der Waals surface area (Å²) >= 11 is 0. The van der Waals surface area contributed by atoms with Crippen molar-refractivity contribution in [1.29, 1.82) is 0 Å². The standard InChI is InChI=1S/C32H39N5O5/c1-21-11-12-27-28(36(21)22(2)38)14-13-26(23-19-33-35(20-23)24-15-17-34(18-16-24)30(39)40)29(27)37(25-9-7-6-8-10-25)31(41)42-32(3,4)5/h6-10,13-14,19-21,24H,11-12,15-18H2,1-5H3,(H,39,40)/t21-/m0/s1. The van der Waals surface area contributed by atoms with Gasteiger partial charge >= 0.3 is 12.2 Å². The highest BCUT2D eigenvalue weighted by atomic mass is 16.6. The lowest BCUT2D eigenvalue weighted by atomic mass is 9.90. The average Bonchev–Trinajstić information content (AvgIpc) is 3.43. The zero-order chi connectivity index (χ0) is 30.2. The summed E-state index contributed by atoms with van der Waals surface area (Å²) in [4.78, 5) is 43.1. The third-order valence-corrected chi connectivity index (χ3v) is 7.95. The number of fused-ring (bicyclic) bond motifs is 1. The minimum absolute atomic E-state index is 0.0276. The number of carboxylic acid groups (broad SMARTS) is 1. The van der Waals surface area contributed by atoms with Crippen molar-refractivity contribution in [3.05, 3.63) is 60.4 Å². The van der Waals surface area contributed by atoms with Crippen LogP contribution in [0.1, 0.15) is 65.5 Å². The first-order valence-electron chi connectivity index (χ1n) is 14.5. The number of aromatic nitrogens is 2. The van der Waals surface area contributed by atoms with Crippen LogP contribution >= 0.6 is 0 Å². The van der Waals surface area contributed by atoms with Crippen LogP contribution in [0.2, 0.25) is 0 Å². The third-order valence-electron chi connectivity index (χ3n) is 7.95. The number of likely N-dealkylation sites (tertiary alicyclic amines) is 1. The molecule has 10 nitrogen and oxygen atoms in total. The molecule has 1 saturated heterocycles. The van der Waals surface area contributed by atoms with Crippen LogP contribution < -0.4 is 9.80 Å². The quantitative estimate of drug-likeness (QED) is 0.376. The Kier molecular flexibility index (Phi) is 7.99. The number of benzene rings is 2. The maximum Gasteiger partial charge on any atom is 0.419 e. The molecule has 2 aliphatic heterocycles. The second-order valence-corrected chi connectivity index (χ2v) is 12.1. The van der Waals surface area contributed by atoms with Crippen molar-refractivity contribution in [3.8, 4) is 11.1 Å². The summed E-state index contributed by atoms with van der Waals surface area (Å²) in [7, 11) is 0. The van der Waals surface area contributed by atoms with E-state index in [2.05, 4.69) is 5.10 Å². The normalized spacial score (nSPS) is 17.5. The van der Waals surface area contributed by atoms with Gasteiger partial charge in [-0.05, 0) is 71.6 Å². The first-order chi connectivity index (χ1) is 19.9. The van der Waals surface area contributed by atoms with Gasteiger partial charge in [-0.25, -0.2) is 14.5 Å². The van der Waals surface area contributed by atoms with Gasteiger partial charge in [0.05, 0.1) is 23.6 Å². The predicted octanol–water partition coefficient (Wildman–Crippen LogP) is 6.63. The van der Waals surface area contributed by atoms with E-state index >= 15 is 0 Å². The lowest BCUT2D eigenvalue weighted by Gasteiger charge is -2.38. The Balaban J connectivity index is 1.66. The molecule has 0 bridgehead atoms. The van der Waals surface area contributed by atoms with Crippen LogP contribution in [0.15, 0.2) is 54.9 Å². The fourth-order valence-electron chi connectivity index (χ4n) is 5.99. The van der Waals surface area contributed by atoms with Crippen molar-refractivity contribution in [2.75, 3.05) is 22.9 Å². The molecule has 3 heterocycles. The zero-order valence-electron chi connectivity index (χ0n) is 24.9. The van der Waals surface area contributed by atoms with E-state index in [0.717, 1.165) is 28.8 Å². The van der Waals surface area contributed by atoms with E-state index in [1.807, 2.05) is 85.9 Å². The van der Waals surface area contributed by atoms with Gasteiger partial charge in [-0.15, -0.1) is 0 Å². The molecule has 3 amide bonds. The molecule has 0 saturated carbocycles. The number of piperidine rings is 1. The summed E-state index contributed by atoms with van der Waals surface area (Å²) in [6.45, 7) is 10.1. The molecule has 1 atom stereocenters. The average molecular weight is 574 g/mol. The number of ether oxygens (including phenoxy) is 1. The van der Waals surface area contributed by atoms with Crippen LogP contribution in [-0.2, 0) is 16.0 Å².